The normalized spacial score (nSPS) is 32.5. The average molecular weight is 434 g/mol. The molecule has 2 aliphatic rings. The first-order valence-electron chi connectivity index (χ1n) is 9.54. The summed E-state index contributed by atoms with van der Waals surface area (Å²) >= 11 is 0. The lowest BCUT2D eigenvalue weighted by atomic mass is 9.68. The van der Waals surface area contributed by atoms with E-state index < -0.39 is 66.6 Å². The van der Waals surface area contributed by atoms with Gasteiger partial charge in [0, 0.05) is 11.1 Å². The molecule has 2 aromatic rings. The Bertz CT molecular complexity index is 1040. The molecule has 4 rings (SSSR count). The fourth-order valence-electron chi connectivity index (χ4n) is 4.44. The van der Waals surface area contributed by atoms with E-state index in [1.165, 1.54) is 24.3 Å². The topological polar surface area (TPSA) is 188 Å². The largest absolute Gasteiger partial charge is 0.507 e. The molecule has 0 bridgehead atoms. The number of hydrogen-bond donors (Lipinski definition) is 8. The summed E-state index contributed by atoms with van der Waals surface area (Å²) < 4.78 is 5.58. The van der Waals surface area contributed by atoms with Crippen LogP contribution in [0.4, 0.5) is 0 Å². The predicted octanol–water partition coefficient (Wildman–Crippen LogP) is -1.79. The molecule has 10 nitrogen and oxygen atoms in total. The molecule has 31 heavy (non-hydrogen) atoms. The molecule has 0 saturated carbocycles. The summed E-state index contributed by atoms with van der Waals surface area (Å²) in [6.45, 7) is -1.30. The molecule has 1 aliphatic carbocycles. The molecule has 8 N–H and O–H groups in total. The molecule has 6 atom stereocenters. The van der Waals surface area contributed by atoms with Gasteiger partial charge in [0.15, 0.2) is 0 Å². The minimum Gasteiger partial charge on any atom is -0.507 e. The number of fused-ring (bicyclic) bond motifs is 2. The maximum Gasteiger partial charge on any atom is 0.201 e. The van der Waals surface area contributed by atoms with Crippen molar-refractivity contribution < 1.29 is 50.4 Å². The molecule has 0 spiro atoms. The van der Waals surface area contributed by atoms with E-state index in [-0.39, 0.29) is 27.8 Å². The van der Waals surface area contributed by atoms with E-state index in [0.717, 1.165) is 6.07 Å². The molecular weight excluding hydrogens is 412 g/mol. The van der Waals surface area contributed by atoms with E-state index in [4.69, 9.17) is 4.74 Å². The van der Waals surface area contributed by atoms with Gasteiger partial charge in [0.05, 0.1) is 24.3 Å². The van der Waals surface area contributed by atoms with Crippen LogP contribution in [0.25, 0.3) is 0 Å². The summed E-state index contributed by atoms with van der Waals surface area (Å²) in [5.41, 5.74) is -3.43. The Balaban J connectivity index is 2.04. The molecule has 0 amide bonds. The SMILES string of the molecule is O=C1c2c(O)cccc2[C@](O)([C@@H]2O[C@H](CO)[C@H](O)[C@H](O)[C@H]2O)c2cc(CO)cc(O)c21. The van der Waals surface area contributed by atoms with Crippen LogP contribution in [-0.2, 0) is 16.9 Å². The summed E-state index contributed by atoms with van der Waals surface area (Å²) in [5.74, 6) is -1.88. The number of carbonyl (C=O) groups is 1. The third-order valence-corrected chi connectivity index (χ3v) is 5.98. The van der Waals surface area contributed by atoms with Gasteiger partial charge in [0.1, 0.15) is 47.6 Å². The average Bonchev–Trinajstić information content (AvgIpc) is 2.75. The number of rotatable bonds is 3. The molecule has 2 aromatic carbocycles. The summed E-state index contributed by atoms with van der Waals surface area (Å²) in [4.78, 5) is 13.1. The van der Waals surface area contributed by atoms with Crippen molar-refractivity contribution in [3.8, 4) is 11.5 Å². The van der Waals surface area contributed by atoms with Crippen LogP contribution in [0.3, 0.4) is 0 Å². The molecule has 1 fully saturated rings. The Morgan fingerprint density at radius 3 is 2.23 bits per heavy atom. The van der Waals surface area contributed by atoms with Crippen molar-refractivity contribution in [3.63, 3.8) is 0 Å². The number of ketones is 1. The first kappa shape index (κ1) is 21.7. The van der Waals surface area contributed by atoms with Crippen LogP contribution in [0.15, 0.2) is 30.3 Å². The molecule has 1 heterocycles. The lowest BCUT2D eigenvalue weighted by Crippen LogP contribution is -2.65. The second-order valence-corrected chi connectivity index (χ2v) is 7.74. The molecule has 166 valence electrons. The van der Waals surface area contributed by atoms with Gasteiger partial charge in [-0.2, -0.15) is 0 Å². The van der Waals surface area contributed by atoms with E-state index in [2.05, 4.69) is 0 Å². The van der Waals surface area contributed by atoms with Crippen LogP contribution >= 0.6 is 0 Å². The number of hydrogen-bond acceptors (Lipinski definition) is 10. The van der Waals surface area contributed by atoms with Gasteiger partial charge >= 0.3 is 0 Å². The third-order valence-electron chi connectivity index (χ3n) is 5.98. The van der Waals surface area contributed by atoms with Crippen LogP contribution in [0, 0.1) is 0 Å². The fraction of sp³-hybridized carbons (Fsp3) is 0.381. The minimum absolute atomic E-state index is 0.135. The van der Waals surface area contributed by atoms with Gasteiger partial charge in [0.2, 0.25) is 5.78 Å². The zero-order chi connectivity index (χ0) is 22.7. The third kappa shape index (κ3) is 2.96. The van der Waals surface area contributed by atoms with Crippen LogP contribution in [0.5, 0.6) is 11.5 Å². The van der Waals surface area contributed by atoms with Crippen molar-refractivity contribution in [1.82, 2.24) is 0 Å². The van der Waals surface area contributed by atoms with E-state index >= 15 is 0 Å². The Morgan fingerprint density at radius 2 is 1.58 bits per heavy atom. The monoisotopic (exact) mass is 434 g/mol. The van der Waals surface area contributed by atoms with Gasteiger partial charge in [-0.05, 0) is 23.8 Å². The summed E-state index contributed by atoms with van der Waals surface area (Å²) in [5, 5.41) is 83.0. The molecule has 0 unspecified atom stereocenters. The highest BCUT2D eigenvalue weighted by Crippen LogP contribution is 2.50. The highest BCUT2D eigenvalue weighted by atomic mass is 16.6. The van der Waals surface area contributed by atoms with Crippen molar-refractivity contribution in [3.05, 3.63) is 58.1 Å². The molecular formula is C21H22O10. The van der Waals surface area contributed by atoms with Crippen molar-refractivity contribution in [2.75, 3.05) is 6.61 Å². The quantitative estimate of drug-likeness (QED) is 0.274. The number of aromatic hydroxyl groups is 2. The van der Waals surface area contributed by atoms with Crippen molar-refractivity contribution in [2.45, 2.75) is 42.7 Å². The Morgan fingerprint density at radius 1 is 0.903 bits per heavy atom. The molecule has 1 saturated heterocycles. The zero-order valence-electron chi connectivity index (χ0n) is 16.1. The first-order valence-corrected chi connectivity index (χ1v) is 9.54. The Hall–Kier alpha value is -2.57. The Labute approximate surface area is 175 Å². The van der Waals surface area contributed by atoms with E-state index in [1.54, 1.807) is 0 Å². The Kier molecular flexibility index (Phi) is 5.26. The lowest BCUT2D eigenvalue weighted by molar-refractivity contribution is -0.265. The number of ether oxygens (including phenoxy) is 1. The van der Waals surface area contributed by atoms with Gasteiger partial charge in [-0.3, -0.25) is 4.79 Å². The number of aliphatic hydroxyl groups is 6. The van der Waals surface area contributed by atoms with Crippen LogP contribution in [-0.4, -0.2) is 83.8 Å². The highest BCUT2D eigenvalue weighted by Gasteiger charge is 2.57. The van der Waals surface area contributed by atoms with Gasteiger partial charge in [-0.25, -0.2) is 0 Å². The molecule has 0 aromatic heterocycles. The van der Waals surface area contributed by atoms with Gasteiger partial charge in [0.25, 0.3) is 0 Å². The van der Waals surface area contributed by atoms with Crippen molar-refractivity contribution >= 4 is 5.78 Å². The predicted molar refractivity (Wildman–Crippen MR) is 102 cm³/mol. The van der Waals surface area contributed by atoms with Gasteiger partial charge in [-0.15, -0.1) is 0 Å². The standard InChI is InChI=1S/C21H22O10/c22-6-8-4-10-15(12(25)5-8)17(27)14-9(2-1-3-11(14)24)21(10,30)20-19(29)18(28)16(26)13(7-23)31-20/h1-5,13,16,18-20,22-26,28-30H,6-7H2/t13-,16+,18+,19-,20-,21-/m1/s1. The first-order chi connectivity index (χ1) is 14.7. The lowest BCUT2D eigenvalue weighted by Gasteiger charge is -2.49. The van der Waals surface area contributed by atoms with Gasteiger partial charge < -0.3 is 45.6 Å². The second kappa shape index (κ2) is 7.53. The van der Waals surface area contributed by atoms with Crippen molar-refractivity contribution in [2.24, 2.45) is 0 Å². The van der Waals surface area contributed by atoms with Crippen LogP contribution in [0.1, 0.15) is 32.6 Å². The summed E-state index contributed by atoms with van der Waals surface area (Å²) in [6, 6.07) is 6.21. The van der Waals surface area contributed by atoms with E-state index in [9.17, 15) is 45.6 Å². The smallest absolute Gasteiger partial charge is 0.201 e. The van der Waals surface area contributed by atoms with Crippen LogP contribution in [0.2, 0.25) is 0 Å². The van der Waals surface area contributed by atoms with Crippen molar-refractivity contribution in [1.29, 1.82) is 0 Å². The summed E-state index contributed by atoms with van der Waals surface area (Å²) in [7, 11) is 0. The minimum atomic E-state index is -2.42. The molecule has 0 radical (unpaired) electrons. The van der Waals surface area contributed by atoms with E-state index in [1.807, 2.05) is 0 Å². The second-order valence-electron chi connectivity index (χ2n) is 7.74. The number of aliphatic hydroxyl groups excluding tert-OH is 5. The maximum absolute atomic E-state index is 13.1. The molecule has 10 heteroatoms. The van der Waals surface area contributed by atoms with Crippen LogP contribution < -0.4 is 0 Å². The van der Waals surface area contributed by atoms with Gasteiger partial charge in [-0.1, -0.05) is 12.1 Å². The number of phenols is 2. The zero-order valence-corrected chi connectivity index (χ0v) is 16.1. The molecule has 1 aliphatic heterocycles. The number of benzene rings is 2. The number of carbonyl (C=O) groups excluding carboxylic acids is 1. The number of phenolic OH excluding ortho intramolecular Hbond substituents is 2. The van der Waals surface area contributed by atoms with E-state index in [0.29, 0.717) is 0 Å². The summed E-state index contributed by atoms with van der Waals surface area (Å²) in [6.07, 6.45) is -8.49. The maximum atomic E-state index is 13.1. The fourth-order valence-corrected chi connectivity index (χ4v) is 4.44. The highest BCUT2D eigenvalue weighted by molar-refractivity contribution is 6.16.